The SMILES string of the molecule is CCCCCCCCC(=O)c1ccc(C#Cc2ccc(O)cc2C(F)(F)F)c(CCCOCC)c1. The van der Waals surface area contributed by atoms with Crippen LogP contribution in [-0.2, 0) is 17.3 Å². The van der Waals surface area contributed by atoms with E-state index in [4.69, 9.17) is 4.74 Å². The van der Waals surface area contributed by atoms with Gasteiger partial charge in [-0.25, -0.2) is 0 Å². The van der Waals surface area contributed by atoms with E-state index in [1.54, 1.807) is 12.1 Å². The number of benzene rings is 2. The van der Waals surface area contributed by atoms with Gasteiger partial charge in [0.25, 0.3) is 0 Å². The number of carbonyl (C=O) groups is 1. The predicted molar refractivity (Wildman–Crippen MR) is 133 cm³/mol. The highest BCUT2D eigenvalue weighted by Crippen LogP contribution is 2.34. The third-order valence-electron chi connectivity index (χ3n) is 5.76. The molecule has 0 amide bonds. The summed E-state index contributed by atoms with van der Waals surface area (Å²) in [4.78, 5) is 12.7. The van der Waals surface area contributed by atoms with Crippen LogP contribution in [0, 0.1) is 11.8 Å². The summed E-state index contributed by atoms with van der Waals surface area (Å²) in [6.07, 6.45) is 3.78. The molecule has 0 unspecified atom stereocenters. The van der Waals surface area contributed by atoms with Crippen LogP contribution >= 0.6 is 0 Å². The fourth-order valence-corrected chi connectivity index (χ4v) is 3.83. The van der Waals surface area contributed by atoms with Gasteiger partial charge in [-0.15, -0.1) is 0 Å². The van der Waals surface area contributed by atoms with E-state index in [0.29, 0.717) is 49.7 Å². The van der Waals surface area contributed by atoms with Crippen molar-refractivity contribution in [2.24, 2.45) is 0 Å². The fourth-order valence-electron chi connectivity index (χ4n) is 3.83. The van der Waals surface area contributed by atoms with Gasteiger partial charge in [0.2, 0.25) is 0 Å². The molecule has 0 radical (unpaired) electrons. The Hall–Kier alpha value is -2.78. The van der Waals surface area contributed by atoms with E-state index in [2.05, 4.69) is 18.8 Å². The number of Topliss-reactive ketones (excluding diaryl/α,β-unsaturated/α-hetero) is 1. The molecule has 1 N–H and O–H groups in total. The van der Waals surface area contributed by atoms with Crippen molar-refractivity contribution in [3.8, 4) is 17.6 Å². The average molecular weight is 489 g/mol. The quantitative estimate of drug-likeness (QED) is 0.178. The van der Waals surface area contributed by atoms with Gasteiger partial charge in [-0.05, 0) is 62.1 Å². The molecule has 35 heavy (non-hydrogen) atoms. The zero-order valence-electron chi connectivity index (χ0n) is 20.6. The molecule has 2 aromatic carbocycles. The number of unbranched alkanes of at least 4 members (excludes halogenated alkanes) is 5. The maximum atomic E-state index is 13.4. The summed E-state index contributed by atoms with van der Waals surface area (Å²) in [5.41, 5.74) is 0.820. The number of phenolic OH excluding ortho intramolecular Hbond substituents is 1. The van der Waals surface area contributed by atoms with Crippen LogP contribution in [-0.4, -0.2) is 24.1 Å². The van der Waals surface area contributed by atoms with Gasteiger partial charge in [0.15, 0.2) is 5.78 Å². The largest absolute Gasteiger partial charge is 0.508 e. The smallest absolute Gasteiger partial charge is 0.417 e. The van der Waals surface area contributed by atoms with Crippen molar-refractivity contribution in [1.82, 2.24) is 0 Å². The number of rotatable bonds is 13. The van der Waals surface area contributed by atoms with E-state index < -0.39 is 17.5 Å². The first-order chi connectivity index (χ1) is 16.8. The lowest BCUT2D eigenvalue weighted by molar-refractivity contribution is -0.137. The molecule has 3 nitrogen and oxygen atoms in total. The van der Waals surface area contributed by atoms with Gasteiger partial charge in [0, 0.05) is 36.3 Å². The normalized spacial score (nSPS) is 11.2. The Morgan fingerprint density at radius 1 is 0.914 bits per heavy atom. The number of halogens is 3. The average Bonchev–Trinajstić information content (AvgIpc) is 2.83. The number of carbonyl (C=O) groups excluding carboxylic acids is 1. The Morgan fingerprint density at radius 2 is 1.60 bits per heavy atom. The molecule has 0 fully saturated rings. The van der Waals surface area contributed by atoms with Crippen LogP contribution < -0.4 is 0 Å². The second-order valence-electron chi connectivity index (χ2n) is 8.59. The van der Waals surface area contributed by atoms with Crippen LogP contribution in [0.2, 0.25) is 0 Å². The number of hydrogen-bond acceptors (Lipinski definition) is 3. The van der Waals surface area contributed by atoms with Gasteiger partial charge in [0.05, 0.1) is 5.56 Å². The highest BCUT2D eigenvalue weighted by Gasteiger charge is 2.33. The lowest BCUT2D eigenvalue weighted by Crippen LogP contribution is -2.07. The Bertz CT molecular complexity index is 1020. The molecule has 2 aromatic rings. The van der Waals surface area contributed by atoms with Crippen LogP contribution in [0.25, 0.3) is 0 Å². The summed E-state index contributed by atoms with van der Waals surface area (Å²) in [5.74, 6) is 5.08. The molecule has 0 aliphatic heterocycles. The first-order valence-electron chi connectivity index (χ1n) is 12.4. The fraction of sp³-hybridized carbons (Fsp3) is 0.483. The van der Waals surface area contributed by atoms with Crippen molar-refractivity contribution < 1.29 is 27.8 Å². The van der Waals surface area contributed by atoms with Crippen molar-refractivity contribution in [2.45, 2.75) is 77.8 Å². The first-order valence-corrected chi connectivity index (χ1v) is 12.4. The minimum atomic E-state index is -4.63. The molecule has 0 aliphatic carbocycles. The zero-order valence-corrected chi connectivity index (χ0v) is 20.6. The topological polar surface area (TPSA) is 46.5 Å². The standard InChI is InChI=1S/C29H35F3O3/c1-3-5-6-7-8-9-12-28(34)25-16-14-22(24(20-25)11-10-19-35-4-2)13-15-23-17-18-26(33)21-27(23)29(30,31)32/h14,16-18,20-21,33H,3-12,19H2,1-2H3. The highest BCUT2D eigenvalue weighted by molar-refractivity contribution is 5.96. The lowest BCUT2D eigenvalue weighted by Gasteiger charge is -2.10. The first kappa shape index (κ1) is 28.5. The Balaban J connectivity index is 2.23. The maximum absolute atomic E-state index is 13.4. The maximum Gasteiger partial charge on any atom is 0.417 e. The number of aryl methyl sites for hydroxylation is 1. The van der Waals surface area contributed by atoms with E-state index >= 15 is 0 Å². The van der Waals surface area contributed by atoms with Crippen molar-refractivity contribution in [1.29, 1.82) is 0 Å². The van der Waals surface area contributed by atoms with Crippen LogP contribution in [0.3, 0.4) is 0 Å². The van der Waals surface area contributed by atoms with Crippen LogP contribution in [0.15, 0.2) is 36.4 Å². The second-order valence-corrected chi connectivity index (χ2v) is 8.59. The lowest BCUT2D eigenvalue weighted by atomic mass is 9.96. The number of phenols is 1. The van der Waals surface area contributed by atoms with Gasteiger partial charge in [-0.3, -0.25) is 4.79 Å². The van der Waals surface area contributed by atoms with Crippen molar-refractivity contribution >= 4 is 5.78 Å². The molecule has 0 bridgehead atoms. The summed E-state index contributed by atoms with van der Waals surface area (Å²) in [6.45, 7) is 5.23. The summed E-state index contributed by atoms with van der Waals surface area (Å²) in [6, 6.07) is 8.26. The summed E-state index contributed by atoms with van der Waals surface area (Å²) >= 11 is 0. The predicted octanol–water partition coefficient (Wildman–Crippen LogP) is 7.71. The van der Waals surface area contributed by atoms with Crippen LogP contribution in [0.5, 0.6) is 5.75 Å². The summed E-state index contributed by atoms with van der Waals surface area (Å²) in [5, 5.41) is 9.48. The minimum absolute atomic E-state index is 0.0731. The van der Waals surface area contributed by atoms with Crippen LogP contribution in [0.4, 0.5) is 13.2 Å². The van der Waals surface area contributed by atoms with Gasteiger partial charge < -0.3 is 9.84 Å². The van der Waals surface area contributed by atoms with Gasteiger partial charge in [-0.2, -0.15) is 13.2 Å². The molecule has 190 valence electrons. The Kier molecular flexibility index (Phi) is 11.9. The third-order valence-corrected chi connectivity index (χ3v) is 5.76. The molecule has 0 saturated carbocycles. The minimum Gasteiger partial charge on any atom is -0.508 e. The number of ether oxygens (including phenoxy) is 1. The second kappa shape index (κ2) is 14.6. The number of hydrogen-bond donors (Lipinski definition) is 1. The highest BCUT2D eigenvalue weighted by atomic mass is 19.4. The molecule has 0 heterocycles. The van der Waals surface area contributed by atoms with Crippen LogP contribution in [0.1, 0.15) is 97.8 Å². The molecular formula is C29H35F3O3. The molecular weight excluding hydrogens is 453 g/mol. The number of alkyl halides is 3. The number of ketones is 1. The molecule has 0 aromatic heterocycles. The van der Waals surface area contributed by atoms with E-state index in [1.807, 2.05) is 13.0 Å². The number of aromatic hydroxyl groups is 1. The molecule has 2 rings (SSSR count). The van der Waals surface area contributed by atoms with Gasteiger partial charge in [0.1, 0.15) is 5.75 Å². The van der Waals surface area contributed by atoms with E-state index in [9.17, 15) is 23.1 Å². The van der Waals surface area contributed by atoms with Gasteiger partial charge in [-0.1, -0.05) is 56.9 Å². The van der Waals surface area contributed by atoms with E-state index in [1.165, 1.54) is 31.4 Å². The van der Waals surface area contributed by atoms with Crippen molar-refractivity contribution in [3.63, 3.8) is 0 Å². The molecule has 6 heteroatoms. The van der Waals surface area contributed by atoms with E-state index in [-0.39, 0.29) is 11.3 Å². The Labute approximate surface area is 206 Å². The molecule has 0 spiro atoms. The summed E-state index contributed by atoms with van der Waals surface area (Å²) in [7, 11) is 0. The molecule has 0 aliphatic rings. The van der Waals surface area contributed by atoms with Gasteiger partial charge >= 0.3 is 6.18 Å². The van der Waals surface area contributed by atoms with Crippen molar-refractivity contribution in [2.75, 3.05) is 13.2 Å². The molecule has 0 saturated heterocycles. The van der Waals surface area contributed by atoms with E-state index in [0.717, 1.165) is 24.8 Å². The monoisotopic (exact) mass is 488 g/mol. The van der Waals surface area contributed by atoms with Crippen molar-refractivity contribution in [3.05, 3.63) is 64.2 Å². The third kappa shape index (κ3) is 9.78. The summed E-state index contributed by atoms with van der Waals surface area (Å²) < 4.78 is 45.5. The Morgan fingerprint density at radius 3 is 2.31 bits per heavy atom. The molecule has 0 atom stereocenters. The zero-order chi connectivity index (χ0) is 25.7.